The highest BCUT2D eigenvalue weighted by Crippen LogP contribution is 2.15. The zero-order valence-electron chi connectivity index (χ0n) is 15.7. The molecule has 142 valence electrons. The van der Waals surface area contributed by atoms with Crippen molar-refractivity contribution < 1.29 is 14.2 Å². The number of ether oxygens (including phenoxy) is 3. The van der Waals surface area contributed by atoms with Gasteiger partial charge < -0.3 is 24.8 Å². The lowest BCUT2D eigenvalue weighted by molar-refractivity contribution is 0.143. The van der Waals surface area contributed by atoms with Gasteiger partial charge in [0.05, 0.1) is 13.2 Å². The molecule has 2 N–H and O–H groups in total. The first kappa shape index (κ1) is 21.2. The van der Waals surface area contributed by atoms with Gasteiger partial charge in [-0.3, -0.25) is 0 Å². The number of rotatable bonds is 13. The average Bonchev–Trinajstić information content (AvgIpc) is 2.63. The van der Waals surface area contributed by atoms with Crippen LogP contribution in [0, 0.1) is 0 Å². The molecule has 1 rings (SSSR count). The van der Waals surface area contributed by atoms with E-state index in [1.165, 1.54) is 0 Å². The summed E-state index contributed by atoms with van der Waals surface area (Å²) < 4.78 is 16.0. The van der Waals surface area contributed by atoms with Crippen LogP contribution in [-0.2, 0) is 16.0 Å². The predicted molar refractivity (Wildman–Crippen MR) is 100 cm³/mol. The Hall–Kier alpha value is -1.86. The molecule has 0 unspecified atom stereocenters. The van der Waals surface area contributed by atoms with E-state index in [1.807, 2.05) is 19.1 Å². The van der Waals surface area contributed by atoms with Crippen molar-refractivity contribution in [1.82, 2.24) is 15.6 Å². The summed E-state index contributed by atoms with van der Waals surface area (Å²) in [5, 5.41) is 6.59. The number of pyridine rings is 1. The van der Waals surface area contributed by atoms with Gasteiger partial charge in [-0.15, -0.1) is 0 Å². The Morgan fingerprint density at radius 1 is 1.16 bits per heavy atom. The molecule has 0 saturated heterocycles. The first-order valence-electron chi connectivity index (χ1n) is 8.97. The summed E-state index contributed by atoms with van der Waals surface area (Å²) >= 11 is 0. The molecule has 1 aromatic heterocycles. The first-order valence-corrected chi connectivity index (χ1v) is 8.97. The van der Waals surface area contributed by atoms with Crippen molar-refractivity contribution in [2.45, 2.75) is 33.2 Å². The predicted octanol–water partition coefficient (Wildman–Crippen LogP) is 1.98. The molecule has 1 aromatic rings. The molecule has 0 radical (unpaired) electrons. The van der Waals surface area contributed by atoms with Crippen LogP contribution in [0.25, 0.3) is 0 Å². The Bertz CT molecular complexity index is 483. The topological polar surface area (TPSA) is 77.0 Å². The van der Waals surface area contributed by atoms with Crippen molar-refractivity contribution >= 4 is 5.96 Å². The summed E-state index contributed by atoms with van der Waals surface area (Å²) in [4.78, 5) is 8.90. The molecule has 7 nitrogen and oxygen atoms in total. The molecule has 0 aliphatic carbocycles. The highest BCUT2D eigenvalue weighted by molar-refractivity contribution is 5.79. The van der Waals surface area contributed by atoms with Crippen LogP contribution < -0.4 is 15.4 Å². The standard InChI is InChI=1S/C18H32N4O3/c1-4-19-18(21-10-6-7-12-24-5-2)22-15-16-9-8-11-20-17(16)25-14-13-23-3/h8-9,11H,4-7,10,12-15H2,1-3H3,(H2,19,21,22). The molecule has 0 saturated carbocycles. The molecular formula is C18H32N4O3. The molecule has 0 fully saturated rings. The minimum atomic E-state index is 0.475. The van der Waals surface area contributed by atoms with E-state index in [9.17, 15) is 0 Å². The van der Waals surface area contributed by atoms with Crippen LogP contribution in [0.4, 0.5) is 0 Å². The molecule has 0 atom stereocenters. The lowest BCUT2D eigenvalue weighted by atomic mass is 10.3. The monoisotopic (exact) mass is 352 g/mol. The van der Waals surface area contributed by atoms with Crippen molar-refractivity contribution in [2.24, 2.45) is 4.99 Å². The molecule has 7 heteroatoms. The van der Waals surface area contributed by atoms with Crippen molar-refractivity contribution in [3.8, 4) is 5.88 Å². The van der Waals surface area contributed by atoms with Crippen LogP contribution in [-0.4, -0.2) is 57.6 Å². The Kier molecular flexibility index (Phi) is 12.3. The van der Waals surface area contributed by atoms with Crippen LogP contribution in [0.2, 0.25) is 0 Å². The molecule has 0 bridgehead atoms. The van der Waals surface area contributed by atoms with Gasteiger partial charge in [-0.1, -0.05) is 6.07 Å². The van der Waals surface area contributed by atoms with Gasteiger partial charge >= 0.3 is 0 Å². The summed E-state index contributed by atoms with van der Waals surface area (Å²) in [7, 11) is 1.65. The van der Waals surface area contributed by atoms with Gasteiger partial charge in [-0.25, -0.2) is 9.98 Å². The zero-order chi connectivity index (χ0) is 18.2. The SMILES string of the molecule is CCNC(=NCc1cccnc1OCCOC)NCCCCOCC. The van der Waals surface area contributed by atoms with Crippen LogP contribution in [0.3, 0.4) is 0 Å². The second-order valence-electron chi connectivity index (χ2n) is 5.33. The third-order valence-electron chi connectivity index (χ3n) is 3.34. The normalized spacial score (nSPS) is 11.4. The maximum atomic E-state index is 5.65. The number of unbranched alkanes of at least 4 members (excludes halogenated alkanes) is 1. The van der Waals surface area contributed by atoms with Crippen LogP contribution in [0.1, 0.15) is 32.3 Å². The molecule has 0 aliphatic heterocycles. The van der Waals surface area contributed by atoms with Crippen molar-refractivity contribution in [3.05, 3.63) is 23.9 Å². The highest BCUT2D eigenvalue weighted by Gasteiger charge is 2.05. The number of hydrogen-bond donors (Lipinski definition) is 2. The second-order valence-corrected chi connectivity index (χ2v) is 5.33. The van der Waals surface area contributed by atoms with Gasteiger partial charge in [0.1, 0.15) is 6.61 Å². The van der Waals surface area contributed by atoms with Crippen molar-refractivity contribution in [3.63, 3.8) is 0 Å². The number of nitrogens with zero attached hydrogens (tertiary/aromatic N) is 2. The zero-order valence-corrected chi connectivity index (χ0v) is 15.7. The van der Waals surface area contributed by atoms with Crippen LogP contribution in [0.15, 0.2) is 23.3 Å². The average molecular weight is 352 g/mol. The summed E-state index contributed by atoms with van der Waals surface area (Å²) in [6, 6.07) is 3.87. The Morgan fingerprint density at radius 2 is 2.04 bits per heavy atom. The summed E-state index contributed by atoms with van der Waals surface area (Å²) in [6.07, 6.45) is 3.81. The fourth-order valence-electron chi connectivity index (χ4n) is 2.08. The fraction of sp³-hybridized carbons (Fsp3) is 0.667. The first-order chi connectivity index (χ1) is 12.3. The molecule has 25 heavy (non-hydrogen) atoms. The lowest BCUT2D eigenvalue weighted by Crippen LogP contribution is -2.37. The van der Waals surface area contributed by atoms with Crippen LogP contribution in [0.5, 0.6) is 5.88 Å². The number of aromatic nitrogens is 1. The van der Waals surface area contributed by atoms with E-state index in [1.54, 1.807) is 13.3 Å². The fourth-order valence-corrected chi connectivity index (χ4v) is 2.08. The van der Waals surface area contributed by atoms with Crippen LogP contribution >= 0.6 is 0 Å². The highest BCUT2D eigenvalue weighted by atomic mass is 16.5. The molecule has 0 amide bonds. The maximum absolute atomic E-state index is 5.65. The van der Waals surface area contributed by atoms with Gasteiger partial charge in [0.25, 0.3) is 0 Å². The van der Waals surface area contributed by atoms with E-state index < -0.39 is 0 Å². The van der Waals surface area contributed by atoms with E-state index in [0.717, 1.165) is 50.7 Å². The van der Waals surface area contributed by atoms with Gasteiger partial charge in [0.2, 0.25) is 5.88 Å². The number of methoxy groups -OCH3 is 1. The van der Waals surface area contributed by atoms with Gasteiger partial charge in [-0.05, 0) is 32.8 Å². The van der Waals surface area contributed by atoms with E-state index in [4.69, 9.17) is 14.2 Å². The van der Waals surface area contributed by atoms with Gasteiger partial charge in [0.15, 0.2) is 5.96 Å². The maximum Gasteiger partial charge on any atom is 0.218 e. The van der Waals surface area contributed by atoms with E-state index in [0.29, 0.717) is 25.6 Å². The van der Waals surface area contributed by atoms with Crippen molar-refractivity contribution in [1.29, 1.82) is 0 Å². The smallest absolute Gasteiger partial charge is 0.218 e. The number of guanidine groups is 1. The molecule has 0 spiro atoms. The Balaban J connectivity index is 2.50. The third-order valence-corrected chi connectivity index (χ3v) is 3.34. The molecule has 0 aromatic carbocycles. The molecular weight excluding hydrogens is 320 g/mol. The Morgan fingerprint density at radius 3 is 2.80 bits per heavy atom. The molecule has 1 heterocycles. The lowest BCUT2D eigenvalue weighted by Gasteiger charge is -2.12. The van der Waals surface area contributed by atoms with E-state index >= 15 is 0 Å². The van der Waals surface area contributed by atoms with Gasteiger partial charge in [-0.2, -0.15) is 0 Å². The summed E-state index contributed by atoms with van der Waals surface area (Å²) in [6.45, 7) is 8.84. The Labute approximate surface area is 151 Å². The summed E-state index contributed by atoms with van der Waals surface area (Å²) in [5.41, 5.74) is 0.951. The largest absolute Gasteiger partial charge is 0.475 e. The number of hydrogen-bond acceptors (Lipinski definition) is 5. The third kappa shape index (κ3) is 9.89. The second kappa shape index (κ2) is 14.5. The van der Waals surface area contributed by atoms with Crippen molar-refractivity contribution in [2.75, 3.05) is 46.6 Å². The van der Waals surface area contributed by atoms with E-state index in [-0.39, 0.29) is 0 Å². The minimum absolute atomic E-state index is 0.475. The molecule has 0 aliphatic rings. The quantitative estimate of drug-likeness (QED) is 0.321. The van der Waals surface area contributed by atoms with E-state index in [2.05, 4.69) is 27.5 Å². The summed E-state index contributed by atoms with van der Waals surface area (Å²) in [5.74, 6) is 1.40. The minimum Gasteiger partial charge on any atom is -0.475 e. The number of nitrogens with one attached hydrogen (secondary N) is 2. The van der Waals surface area contributed by atoms with Gasteiger partial charge in [0, 0.05) is 45.2 Å². The number of aliphatic imine (C=N–C) groups is 1.